The molecule has 0 aliphatic carbocycles. The molecule has 0 heterocycles. The molecule has 0 bridgehead atoms. The van der Waals surface area contributed by atoms with Crippen molar-refractivity contribution in [2.24, 2.45) is 0 Å². The number of amides is 1. The summed E-state index contributed by atoms with van der Waals surface area (Å²) in [6.45, 7) is -1.77. The maximum absolute atomic E-state index is 12.2. The number of alkyl halides is 3. The number of ether oxygens (including phenoxy) is 1. The Morgan fingerprint density at radius 3 is 2.57 bits per heavy atom. The van der Waals surface area contributed by atoms with Gasteiger partial charge in [0, 0.05) is 23.7 Å². The van der Waals surface area contributed by atoms with E-state index in [2.05, 4.69) is 14.8 Å². The van der Waals surface area contributed by atoms with Crippen LogP contribution in [0.25, 0.3) is 0 Å². The summed E-state index contributed by atoms with van der Waals surface area (Å²) in [5.74, 6) is -0.848. The number of nitrogens with one attached hydrogen (secondary N) is 2. The van der Waals surface area contributed by atoms with Gasteiger partial charge in [-0.2, -0.15) is 18.4 Å². The van der Waals surface area contributed by atoms with E-state index in [9.17, 15) is 26.4 Å². The Kier molecular flexibility index (Phi) is 7.66. The van der Waals surface area contributed by atoms with E-state index >= 15 is 0 Å². The van der Waals surface area contributed by atoms with E-state index in [1.165, 1.54) is 30.3 Å². The van der Waals surface area contributed by atoms with Gasteiger partial charge >= 0.3 is 6.18 Å². The van der Waals surface area contributed by atoms with Crippen molar-refractivity contribution in [1.82, 2.24) is 4.72 Å². The molecule has 0 spiro atoms. The Labute approximate surface area is 175 Å². The third kappa shape index (κ3) is 7.22. The molecule has 0 unspecified atom stereocenters. The van der Waals surface area contributed by atoms with Gasteiger partial charge < -0.3 is 10.1 Å². The maximum Gasteiger partial charge on any atom is 0.422 e. The highest BCUT2D eigenvalue weighted by Gasteiger charge is 2.29. The van der Waals surface area contributed by atoms with E-state index in [1.54, 1.807) is 6.07 Å². The van der Waals surface area contributed by atoms with E-state index in [0.29, 0.717) is 0 Å². The number of anilines is 1. The van der Waals surface area contributed by atoms with Crippen LogP contribution in [0.2, 0.25) is 5.02 Å². The molecule has 160 valence electrons. The summed E-state index contributed by atoms with van der Waals surface area (Å²) >= 11 is 5.76. The van der Waals surface area contributed by atoms with Gasteiger partial charge in [0.1, 0.15) is 11.8 Å². The quantitative estimate of drug-likeness (QED) is 0.626. The lowest BCUT2D eigenvalue weighted by atomic mass is 10.2. The highest BCUT2D eigenvalue weighted by atomic mass is 35.5. The molecular weight excluding hydrogens is 447 g/mol. The molecule has 0 fully saturated rings. The van der Waals surface area contributed by atoms with Crippen LogP contribution in [-0.4, -0.2) is 33.7 Å². The fraction of sp³-hybridized carbons (Fsp3) is 0.222. The Balaban J connectivity index is 1.92. The highest BCUT2D eigenvalue weighted by Crippen LogP contribution is 2.25. The van der Waals surface area contributed by atoms with Crippen LogP contribution in [-0.2, 0) is 14.8 Å². The van der Waals surface area contributed by atoms with Crippen LogP contribution in [0.3, 0.4) is 0 Å². The minimum absolute atomic E-state index is 0.0523. The molecule has 12 heteroatoms. The second-order valence-corrected chi connectivity index (χ2v) is 8.08. The van der Waals surface area contributed by atoms with Gasteiger partial charge in [0.15, 0.2) is 6.61 Å². The Morgan fingerprint density at radius 2 is 1.93 bits per heavy atom. The number of nitriles is 1. The van der Waals surface area contributed by atoms with Crippen LogP contribution in [0, 0.1) is 11.3 Å². The Hall–Kier alpha value is -2.81. The minimum atomic E-state index is -4.56. The van der Waals surface area contributed by atoms with Gasteiger partial charge in [0.2, 0.25) is 15.9 Å². The molecule has 2 rings (SSSR count). The molecule has 7 nitrogen and oxygen atoms in total. The standard InChI is InChI=1S/C18H15ClF3N3O4S/c19-13-2-1-3-15(9-13)30(27,28)24-7-6-17(26)25-14-4-5-16(12(8-14)10-23)29-11-18(20,21)22/h1-5,8-9,24H,6-7,11H2,(H,25,26). The lowest BCUT2D eigenvalue weighted by Crippen LogP contribution is -2.27. The molecule has 30 heavy (non-hydrogen) atoms. The molecule has 0 aromatic heterocycles. The number of sulfonamides is 1. The first-order valence-corrected chi connectivity index (χ1v) is 10.1. The van der Waals surface area contributed by atoms with Crippen molar-refractivity contribution in [3.63, 3.8) is 0 Å². The number of benzene rings is 2. The topological polar surface area (TPSA) is 108 Å². The zero-order chi connectivity index (χ0) is 22.4. The van der Waals surface area contributed by atoms with Crippen LogP contribution < -0.4 is 14.8 Å². The summed E-state index contributed by atoms with van der Waals surface area (Å²) in [6.07, 6.45) is -4.79. The zero-order valence-corrected chi connectivity index (χ0v) is 16.7. The predicted octanol–water partition coefficient (Wildman–Crippen LogP) is 3.46. The van der Waals surface area contributed by atoms with Gasteiger partial charge in [-0.15, -0.1) is 0 Å². The summed E-state index contributed by atoms with van der Waals surface area (Å²) in [5, 5.41) is 11.7. The van der Waals surface area contributed by atoms with Crippen molar-refractivity contribution in [2.45, 2.75) is 17.5 Å². The smallest absolute Gasteiger partial charge is 0.422 e. The van der Waals surface area contributed by atoms with E-state index in [0.717, 1.165) is 12.1 Å². The van der Waals surface area contributed by atoms with E-state index < -0.39 is 28.7 Å². The molecule has 2 aromatic rings. The SMILES string of the molecule is N#Cc1cc(NC(=O)CCNS(=O)(=O)c2cccc(Cl)c2)ccc1OCC(F)(F)F. The molecule has 0 atom stereocenters. The summed E-state index contributed by atoms with van der Waals surface area (Å²) < 4.78 is 67.8. The monoisotopic (exact) mass is 461 g/mol. The second-order valence-electron chi connectivity index (χ2n) is 5.88. The van der Waals surface area contributed by atoms with Crippen molar-refractivity contribution in [1.29, 1.82) is 5.26 Å². The summed E-state index contributed by atoms with van der Waals surface area (Å²) in [4.78, 5) is 11.9. The van der Waals surface area contributed by atoms with Crippen molar-refractivity contribution in [3.8, 4) is 11.8 Å². The van der Waals surface area contributed by atoms with Crippen molar-refractivity contribution in [2.75, 3.05) is 18.5 Å². The molecular formula is C18H15ClF3N3O4S. The second kappa shape index (κ2) is 9.80. The van der Waals surface area contributed by atoms with Crippen LogP contribution in [0.4, 0.5) is 18.9 Å². The number of halogens is 4. The number of nitrogens with zero attached hydrogens (tertiary/aromatic N) is 1. The predicted molar refractivity (Wildman–Crippen MR) is 103 cm³/mol. The molecule has 0 aliphatic heterocycles. The molecule has 0 aliphatic rings. The molecule has 0 saturated carbocycles. The average Bonchev–Trinajstić information content (AvgIpc) is 2.66. The lowest BCUT2D eigenvalue weighted by molar-refractivity contribution is -0.153. The molecule has 0 saturated heterocycles. The fourth-order valence-corrected chi connectivity index (χ4v) is 3.55. The van der Waals surface area contributed by atoms with Crippen molar-refractivity contribution < 1.29 is 31.1 Å². The molecule has 2 aromatic carbocycles. The third-order valence-electron chi connectivity index (χ3n) is 3.53. The summed E-state index contributed by atoms with van der Waals surface area (Å²) in [7, 11) is -3.85. The number of carbonyl (C=O) groups is 1. The molecule has 1 amide bonds. The summed E-state index contributed by atoms with van der Waals surface area (Å²) in [5.41, 5.74) is -0.0488. The van der Waals surface area contributed by atoms with E-state index in [1.807, 2.05) is 0 Å². The number of hydrogen-bond donors (Lipinski definition) is 2. The van der Waals surface area contributed by atoms with Gasteiger partial charge in [-0.25, -0.2) is 13.1 Å². The van der Waals surface area contributed by atoms with Gasteiger partial charge in [-0.3, -0.25) is 4.79 Å². The van der Waals surface area contributed by atoms with Crippen molar-refractivity contribution in [3.05, 3.63) is 53.1 Å². The van der Waals surface area contributed by atoms with Crippen LogP contribution in [0.5, 0.6) is 5.75 Å². The zero-order valence-electron chi connectivity index (χ0n) is 15.2. The molecule has 2 N–H and O–H groups in total. The van der Waals surface area contributed by atoms with Gasteiger partial charge in [0.25, 0.3) is 0 Å². The first-order valence-electron chi connectivity index (χ1n) is 8.29. The van der Waals surface area contributed by atoms with Crippen LogP contribution >= 0.6 is 11.6 Å². The van der Waals surface area contributed by atoms with Crippen molar-refractivity contribution >= 4 is 33.2 Å². The van der Waals surface area contributed by atoms with Crippen LogP contribution in [0.15, 0.2) is 47.4 Å². The fourth-order valence-electron chi connectivity index (χ4n) is 2.22. The number of hydrogen-bond acceptors (Lipinski definition) is 5. The first-order chi connectivity index (χ1) is 14.0. The Morgan fingerprint density at radius 1 is 1.20 bits per heavy atom. The van der Waals surface area contributed by atoms with E-state index in [4.69, 9.17) is 16.9 Å². The number of rotatable bonds is 8. The van der Waals surface area contributed by atoms with E-state index in [-0.39, 0.29) is 39.9 Å². The van der Waals surface area contributed by atoms with Gasteiger partial charge in [-0.05, 0) is 36.4 Å². The Bertz CT molecular complexity index is 1070. The normalized spacial score (nSPS) is 11.6. The van der Waals surface area contributed by atoms with Gasteiger partial charge in [0.05, 0.1) is 10.5 Å². The highest BCUT2D eigenvalue weighted by molar-refractivity contribution is 7.89. The largest absolute Gasteiger partial charge is 0.483 e. The average molecular weight is 462 g/mol. The maximum atomic E-state index is 12.2. The minimum Gasteiger partial charge on any atom is -0.483 e. The lowest BCUT2D eigenvalue weighted by Gasteiger charge is -2.12. The summed E-state index contributed by atoms with van der Waals surface area (Å²) in [6, 6.07) is 10.8. The molecule has 0 radical (unpaired) electrons. The number of carbonyl (C=O) groups excluding carboxylic acids is 1. The first kappa shape index (κ1) is 23.5. The third-order valence-corrected chi connectivity index (χ3v) is 5.22. The van der Waals surface area contributed by atoms with Gasteiger partial charge in [-0.1, -0.05) is 17.7 Å². The van der Waals surface area contributed by atoms with Crippen LogP contribution in [0.1, 0.15) is 12.0 Å².